The summed E-state index contributed by atoms with van der Waals surface area (Å²) in [6.45, 7) is 0. The first-order valence-electron chi connectivity index (χ1n) is 39.6. The molecule has 0 atom stereocenters. The van der Waals surface area contributed by atoms with Crippen LogP contribution in [-0.4, -0.2) is 89.0 Å². The molecule has 0 saturated carbocycles. The Bertz CT molecular complexity index is 5890. The molecular weight excluding hydrogens is 1730 g/mol. The molecule has 0 fully saturated rings. The Morgan fingerprint density at radius 3 is 0.831 bits per heavy atom. The maximum absolute atomic E-state index is 13.1. The molecule has 21 nitrogen and oxygen atoms in total. The van der Waals surface area contributed by atoms with E-state index >= 15 is 0 Å². The van der Waals surface area contributed by atoms with Gasteiger partial charge in [0.15, 0.2) is 23.3 Å². The van der Waals surface area contributed by atoms with E-state index in [2.05, 4.69) is 37.2 Å². The second kappa shape index (κ2) is 37.0. The molecule has 8 heterocycles. The quantitative estimate of drug-likeness (QED) is 0.0434. The zero-order chi connectivity index (χ0) is 85.5. The number of phenols is 5. The smallest absolute Gasteiger partial charge is 0.230 e. The number of aromatic nitrogens is 8. The van der Waals surface area contributed by atoms with Crippen LogP contribution in [0.3, 0.4) is 0 Å². The van der Waals surface area contributed by atoms with Gasteiger partial charge in [0, 0.05) is 31.7 Å². The van der Waals surface area contributed by atoms with E-state index in [-0.39, 0.29) is 83.9 Å². The maximum atomic E-state index is 13.1. The van der Waals surface area contributed by atoms with Crippen molar-refractivity contribution in [2.24, 2.45) is 0 Å². The molecule has 616 valence electrons. The van der Waals surface area contributed by atoms with E-state index in [9.17, 15) is 49.1 Å². The maximum Gasteiger partial charge on any atom is 0.230 e. The average molecular weight is 1800 g/mol. The van der Waals surface area contributed by atoms with Crippen LogP contribution in [0.4, 0.5) is 27.7 Å². The Morgan fingerprint density at radius 1 is 0.315 bits per heavy atom. The molecule has 0 bridgehead atoms. The third-order valence-corrected chi connectivity index (χ3v) is 25.2. The van der Waals surface area contributed by atoms with Crippen LogP contribution in [0.25, 0.3) is 87.3 Å². The Hall–Kier alpha value is -13.5. The number of benzene rings is 8. The highest BCUT2D eigenvalue weighted by Gasteiger charge is 2.30. The molecule has 4 aliphatic rings. The third kappa shape index (κ3) is 19.3. The molecule has 0 unspecified atom stereocenters. The first kappa shape index (κ1) is 82.8. The Kier molecular flexibility index (Phi) is 24.7. The average Bonchev–Trinajstić information content (AvgIpc) is 1.13. The second-order valence-electron chi connectivity index (χ2n) is 29.6. The lowest BCUT2D eigenvalue weighted by Gasteiger charge is -2.21. The van der Waals surface area contributed by atoms with Crippen LogP contribution in [0.1, 0.15) is 67.3 Å². The molecule has 0 radical (unpaired) electrons. The summed E-state index contributed by atoms with van der Waals surface area (Å²) < 4.78 is 14.1. The number of anilines is 4. The molecule has 28 heteroatoms. The normalized spacial score (nSPS) is 12.2. The number of halogens is 3. The lowest BCUT2D eigenvalue weighted by atomic mass is 9.91. The Morgan fingerprint density at radius 2 is 0.565 bits per heavy atom. The summed E-state index contributed by atoms with van der Waals surface area (Å²) in [4.78, 5) is 93.6. The first-order valence-corrected chi connectivity index (χ1v) is 44.2. The molecule has 0 aliphatic heterocycles. The number of carbonyl (C=O) groups is 4. The van der Waals surface area contributed by atoms with Crippen molar-refractivity contribution >= 4 is 120 Å². The van der Waals surface area contributed by atoms with E-state index in [0.717, 1.165) is 162 Å². The van der Waals surface area contributed by atoms with Gasteiger partial charge in [-0.1, -0.05) is 100 Å². The zero-order valence-electron chi connectivity index (χ0n) is 65.8. The lowest BCUT2D eigenvalue weighted by Crippen LogP contribution is -2.18. The van der Waals surface area contributed by atoms with Gasteiger partial charge in [-0.2, -0.15) is 0 Å². The number of aryl methyl sites for hydroxylation is 8. The van der Waals surface area contributed by atoms with Gasteiger partial charge >= 0.3 is 0 Å². The number of nitrogens with one attached hydrogen (secondary N) is 4. The number of rotatable bonds is 16. The Labute approximate surface area is 740 Å². The topological polar surface area (TPSA) is 321 Å². The highest BCUT2D eigenvalue weighted by molar-refractivity contribution is 9.10. The fourth-order valence-corrected chi connectivity index (χ4v) is 18.3. The molecule has 4 amide bonds. The van der Waals surface area contributed by atoms with Gasteiger partial charge in [0.05, 0.1) is 90.7 Å². The van der Waals surface area contributed by atoms with Crippen molar-refractivity contribution in [1.29, 1.82) is 0 Å². The summed E-state index contributed by atoms with van der Waals surface area (Å²) in [5, 5.41) is 69.0. The number of hydrogen-bond donors (Lipinski definition) is 9. The van der Waals surface area contributed by atoms with Gasteiger partial charge in [0.2, 0.25) is 23.6 Å². The minimum Gasteiger partial charge on any atom is -0.508 e. The predicted octanol–water partition coefficient (Wildman–Crippen LogP) is 20.7. The minimum atomic E-state index is -0.335. The molecule has 16 aromatic rings. The molecule has 20 rings (SSSR count). The fraction of sp³-hybridized carbons (Fsp3) is 0.125. The van der Waals surface area contributed by atoms with Gasteiger partial charge in [-0.15, -0.1) is 45.3 Å². The van der Waals surface area contributed by atoms with E-state index in [0.29, 0.717) is 76.8 Å². The minimum absolute atomic E-state index is 0.116. The number of carbonyl (C=O) groups excluding carboxylic acids is 4. The molecule has 8 aromatic heterocycles. The standard InChI is InChI=1S/C24H18BrN3O2S.C24H18ClN3O2S.C24H18FN3O2S.C24H19N3O3S/c3*25-16-6-3-14(4-7-16)12-21(30)27-24-23(20-2-1-11-31-20)28-22-18-9-8-17(29)13-15(18)5-10-19(22)26-24;28-16-6-3-14(4-7-16)12-21(30)26-24-23(20-2-1-11-31-20)27-22-18-9-8-17(29)13-15(18)5-10-19(22)25-24/h3*1-4,6-9,11,13,29H,5,10,12H2,(H,26,27,30);1-4,6-9,11,13,28-29H,5,10,12H2,(H,25,26,30). The zero-order valence-corrected chi connectivity index (χ0v) is 71.4. The second-order valence-corrected chi connectivity index (χ2v) is 34.7. The summed E-state index contributed by atoms with van der Waals surface area (Å²) in [6.07, 6.45) is 6.57. The van der Waals surface area contributed by atoms with E-state index in [1.807, 2.05) is 131 Å². The van der Waals surface area contributed by atoms with E-state index in [1.165, 1.54) is 34.8 Å². The summed E-state index contributed by atoms with van der Waals surface area (Å²) >= 11 is 15.5. The molecule has 4 aliphatic carbocycles. The van der Waals surface area contributed by atoms with Crippen molar-refractivity contribution < 1.29 is 49.1 Å². The van der Waals surface area contributed by atoms with Crippen LogP contribution in [0.15, 0.2) is 244 Å². The van der Waals surface area contributed by atoms with Crippen LogP contribution in [0.5, 0.6) is 28.7 Å². The summed E-state index contributed by atoms with van der Waals surface area (Å²) in [7, 11) is 0. The van der Waals surface area contributed by atoms with Gasteiger partial charge in [-0.25, -0.2) is 44.3 Å². The van der Waals surface area contributed by atoms with Gasteiger partial charge in [-0.05, 0) is 263 Å². The van der Waals surface area contributed by atoms with E-state index < -0.39 is 0 Å². The lowest BCUT2D eigenvalue weighted by molar-refractivity contribution is -0.116. The first-order chi connectivity index (χ1) is 60.3. The SMILES string of the molecule is O=C(Cc1ccc(Br)cc1)Nc1nc2c(nc1-c1cccs1)-c1ccc(O)cc1CC2.O=C(Cc1ccc(Cl)cc1)Nc1nc2c(nc1-c1cccs1)-c1ccc(O)cc1CC2.O=C(Cc1ccc(F)cc1)Nc1nc2c(nc1-c1cccs1)-c1ccc(O)cc1CC2.O=C(Cc1ccc(O)cc1)Nc1nc2c(nc1-c1cccs1)-c1ccc(O)cc1CC2. The monoisotopic (exact) mass is 1800 g/mol. The van der Waals surface area contributed by atoms with Crippen molar-refractivity contribution in [3.8, 4) is 116 Å². The highest BCUT2D eigenvalue weighted by atomic mass is 79.9. The van der Waals surface area contributed by atoms with Gasteiger partial charge in [0.25, 0.3) is 0 Å². The van der Waals surface area contributed by atoms with E-state index in [4.69, 9.17) is 51.5 Å². The number of amides is 4. The highest BCUT2D eigenvalue weighted by Crippen LogP contribution is 2.44. The molecule has 8 aromatic carbocycles. The number of thiophene rings is 4. The Balaban J connectivity index is 0.000000117. The van der Waals surface area contributed by atoms with E-state index in [1.54, 1.807) is 120 Å². The van der Waals surface area contributed by atoms with Crippen molar-refractivity contribution in [2.45, 2.75) is 77.0 Å². The largest absolute Gasteiger partial charge is 0.508 e. The van der Waals surface area contributed by atoms with Crippen LogP contribution in [0, 0.1) is 5.82 Å². The molecular formula is C96H73BrClFN12O9S4. The molecule has 124 heavy (non-hydrogen) atoms. The van der Waals surface area contributed by atoms with Crippen LogP contribution >= 0.6 is 72.9 Å². The van der Waals surface area contributed by atoms with Crippen molar-refractivity contribution in [1.82, 2.24) is 39.9 Å². The van der Waals surface area contributed by atoms with Crippen molar-refractivity contribution in [3.05, 3.63) is 323 Å². The van der Waals surface area contributed by atoms with Crippen molar-refractivity contribution in [2.75, 3.05) is 21.3 Å². The summed E-state index contributed by atoms with van der Waals surface area (Å²) in [5.74, 6) is 1.94. The number of nitrogens with zero attached hydrogens (tertiary/aromatic N) is 8. The van der Waals surface area contributed by atoms with Gasteiger partial charge in [0.1, 0.15) is 57.3 Å². The molecule has 9 N–H and O–H groups in total. The van der Waals surface area contributed by atoms with Crippen LogP contribution in [-0.2, 0) is 96.2 Å². The number of hydrogen-bond acceptors (Lipinski definition) is 21. The summed E-state index contributed by atoms with van der Waals surface area (Å²) in [6, 6.07) is 64.3. The van der Waals surface area contributed by atoms with Crippen LogP contribution < -0.4 is 21.3 Å². The number of phenolic OH excluding ortho intramolecular Hbond substituents is 5. The van der Waals surface area contributed by atoms with Crippen LogP contribution in [0.2, 0.25) is 5.02 Å². The summed E-state index contributed by atoms with van der Waals surface area (Å²) in [5.41, 5.74) is 20.5. The predicted molar refractivity (Wildman–Crippen MR) is 489 cm³/mol. The molecule has 0 saturated heterocycles. The van der Waals surface area contributed by atoms with Crippen molar-refractivity contribution in [3.63, 3.8) is 0 Å². The fourth-order valence-electron chi connectivity index (χ4n) is 15.1. The third-order valence-electron chi connectivity index (χ3n) is 21.0. The number of fused-ring (bicyclic) bond motifs is 12. The van der Waals surface area contributed by atoms with Gasteiger partial charge < -0.3 is 46.8 Å². The molecule has 0 spiro atoms. The van der Waals surface area contributed by atoms with Gasteiger partial charge in [-0.3, -0.25) is 19.2 Å². The number of aromatic hydroxyl groups is 5.